The highest BCUT2D eigenvalue weighted by Crippen LogP contribution is 2.43. The van der Waals surface area contributed by atoms with Crippen molar-refractivity contribution in [3.05, 3.63) is 30.0 Å². The summed E-state index contributed by atoms with van der Waals surface area (Å²) in [4.78, 5) is 38.9. The fraction of sp³-hybridized carbons (Fsp3) is 0.697. The SMILES string of the molecule is CC(C)c1cnn2c(NC3CC4CCC(C3)N4C(=O)OC3CN(C(=O)/C=C/CN(C)C)C3)cc(N3CC4(CCOCC4)C3)nc12. The second-order valence-electron chi connectivity index (χ2n) is 14.5. The van der Waals surface area contributed by atoms with Gasteiger partial charge in [0.15, 0.2) is 5.65 Å². The third-order valence-corrected chi connectivity index (χ3v) is 10.5. The summed E-state index contributed by atoms with van der Waals surface area (Å²) in [7, 11) is 3.93. The Morgan fingerprint density at radius 1 is 1.16 bits per heavy atom. The Hall–Kier alpha value is -3.38. The zero-order chi connectivity index (χ0) is 31.3. The lowest BCUT2D eigenvalue weighted by molar-refractivity contribution is -0.136. The topological polar surface area (TPSA) is 108 Å². The minimum Gasteiger partial charge on any atom is -0.442 e. The molecule has 5 aliphatic rings. The first kappa shape index (κ1) is 30.3. The Bertz CT molecular complexity index is 1420. The van der Waals surface area contributed by atoms with Crippen LogP contribution in [0, 0.1) is 5.41 Å². The van der Waals surface area contributed by atoms with E-state index in [0.717, 1.165) is 94.2 Å². The maximum Gasteiger partial charge on any atom is 0.410 e. The summed E-state index contributed by atoms with van der Waals surface area (Å²) in [6.45, 7) is 9.77. The Morgan fingerprint density at radius 3 is 2.53 bits per heavy atom. The van der Waals surface area contributed by atoms with Crippen LogP contribution in [0.2, 0.25) is 0 Å². The quantitative estimate of drug-likeness (QED) is 0.445. The van der Waals surface area contributed by atoms with Gasteiger partial charge in [-0.3, -0.25) is 4.79 Å². The van der Waals surface area contributed by atoms with Crippen molar-refractivity contribution in [2.75, 3.05) is 70.2 Å². The van der Waals surface area contributed by atoms with Crippen LogP contribution in [-0.2, 0) is 14.3 Å². The minimum absolute atomic E-state index is 0.0283. The second kappa shape index (κ2) is 12.1. The Kier molecular flexibility index (Phi) is 8.14. The van der Waals surface area contributed by atoms with Crippen molar-refractivity contribution in [1.29, 1.82) is 0 Å². The summed E-state index contributed by atoms with van der Waals surface area (Å²) in [5.74, 6) is 2.27. The summed E-state index contributed by atoms with van der Waals surface area (Å²) in [5, 5.41) is 8.60. The number of piperidine rings is 1. The monoisotopic (exact) mass is 620 g/mol. The third kappa shape index (κ3) is 5.98. The van der Waals surface area contributed by atoms with Gasteiger partial charge in [-0.1, -0.05) is 19.9 Å². The zero-order valence-electron chi connectivity index (χ0n) is 27.2. The largest absolute Gasteiger partial charge is 0.442 e. The molecule has 5 saturated heterocycles. The molecular weight excluding hydrogens is 572 g/mol. The highest BCUT2D eigenvalue weighted by molar-refractivity contribution is 5.88. The molecular formula is C33H48N8O4. The van der Waals surface area contributed by atoms with Crippen molar-refractivity contribution in [2.45, 2.75) is 82.5 Å². The molecule has 12 nitrogen and oxygen atoms in total. The number of rotatable bonds is 8. The molecule has 0 aromatic carbocycles. The number of aromatic nitrogens is 3. The van der Waals surface area contributed by atoms with Gasteiger partial charge in [0.25, 0.3) is 0 Å². The molecule has 2 atom stereocenters. The number of hydrogen-bond donors (Lipinski definition) is 1. The number of anilines is 2. The Labute approximate surface area is 265 Å². The number of fused-ring (bicyclic) bond motifs is 3. The van der Waals surface area contributed by atoms with E-state index in [9.17, 15) is 9.59 Å². The standard InChI is InChI=1S/C33H48N8O4/c1-22(2)27-17-34-41-29(16-28(36-31(27)41)39-20-33(21-39)9-12-44-13-10-33)35-23-14-24-7-8-25(15-23)40(24)32(43)45-26-18-38(19-26)30(42)6-5-11-37(3)4/h5-6,16-17,22-26,35H,7-15,18-21H2,1-4H3/b6-5+. The second-order valence-corrected chi connectivity index (χ2v) is 14.5. The van der Waals surface area contributed by atoms with Crippen LogP contribution in [-0.4, -0.2) is 126 Å². The number of carbonyl (C=O) groups excluding carboxylic acids is 2. The van der Waals surface area contributed by atoms with Crippen LogP contribution in [0.3, 0.4) is 0 Å². The van der Waals surface area contributed by atoms with Gasteiger partial charge in [-0.25, -0.2) is 9.78 Å². The van der Waals surface area contributed by atoms with Gasteiger partial charge in [0.05, 0.1) is 19.3 Å². The first-order valence-electron chi connectivity index (χ1n) is 16.7. The van der Waals surface area contributed by atoms with Crippen molar-refractivity contribution < 1.29 is 19.1 Å². The average molecular weight is 621 g/mol. The van der Waals surface area contributed by atoms with Crippen LogP contribution in [0.15, 0.2) is 24.4 Å². The van der Waals surface area contributed by atoms with Gasteiger partial charge in [-0.15, -0.1) is 0 Å². The maximum atomic E-state index is 13.3. The molecule has 0 saturated carbocycles. The highest BCUT2D eigenvalue weighted by atomic mass is 16.6. The first-order chi connectivity index (χ1) is 21.7. The number of likely N-dealkylation sites (tertiary alicyclic amines) is 1. The lowest BCUT2D eigenvalue weighted by atomic mass is 9.73. The fourth-order valence-electron chi connectivity index (χ4n) is 7.85. The van der Waals surface area contributed by atoms with Crippen molar-refractivity contribution in [1.82, 2.24) is 29.3 Å². The number of carbonyl (C=O) groups is 2. The average Bonchev–Trinajstić information content (AvgIpc) is 3.52. The Morgan fingerprint density at radius 2 is 1.87 bits per heavy atom. The summed E-state index contributed by atoms with van der Waals surface area (Å²) < 4.78 is 13.5. The molecule has 7 rings (SSSR count). The molecule has 1 N–H and O–H groups in total. The van der Waals surface area contributed by atoms with E-state index < -0.39 is 0 Å². The van der Waals surface area contributed by atoms with Crippen molar-refractivity contribution >= 4 is 29.3 Å². The van der Waals surface area contributed by atoms with E-state index in [1.54, 1.807) is 11.0 Å². The highest BCUT2D eigenvalue weighted by Gasteiger charge is 2.47. The van der Waals surface area contributed by atoms with E-state index in [2.05, 4.69) is 30.1 Å². The van der Waals surface area contributed by atoms with E-state index in [1.807, 2.05) is 40.7 Å². The van der Waals surface area contributed by atoms with E-state index in [1.165, 1.54) is 0 Å². The maximum absolute atomic E-state index is 13.3. The number of nitrogens with one attached hydrogen (secondary N) is 1. The van der Waals surface area contributed by atoms with Gasteiger partial charge in [0.1, 0.15) is 17.7 Å². The first-order valence-corrected chi connectivity index (χ1v) is 16.7. The van der Waals surface area contributed by atoms with E-state index in [-0.39, 0.29) is 36.2 Å². The van der Waals surface area contributed by atoms with Crippen molar-refractivity contribution in [3.8, 4) is 0 Å². The molecule has 5 fully saturated rings. The summed E-state index contributed by atoms with van der Waals surface area (Å²) in [6, 6.07) is 2.67. The number of likely N-dealkylation sites (N-methyl/N-ethyl adjacent to an activating group) is 1. The third-order valence-electron chi connectivity index (χ3n) is 10.5. The molecule has 2 unspecified atom stereocenters. The molecule has 244 valence electrons. The molecule has 2 amide bonds. The molecule has 2 aromatic heterocycles. The predicted octanol–water partition coefficient (Wildman–Crippen LogP) is 3.34. The van der Waals surface area contributed by atoms with Gasteiger partial charge in [-0.2, -0.15) is 9.61 Å². The summed E-state index contributed by atoms with van der Waals surface area (Å²) in [5.41, 5.74) is 2.43. The van der Waals surface area contributed by atoms with Gasteiger partial charge in [-0.05, 0) is 58.5 Å². The fourth-order valence-corrected chi connectivity index (χ4v) is 7.85. The molecule has 2 aromatic rings. The molecule has 2 bridgehead atoms. The Balaban J connectivity index is 0.988. The number of ether oxygens (including phenoxy) is 2. The zero-order valence-corrected chi connectivity index (χ0v) is 27.2. The van der Waals surface area contributed by atoms with Crippen LogP contribution in [0.4, 0.5) is 16.4 Å². The van der Waals surface area contributed by atoms with Crippen LogP contribution < -0.4 is 10.2 Å². The number of hydrogen-bond acceptors (Lipinski definition) is 9. The van der Waals surface area contributed by atoms with Crippen molar-refractivity contribution in [2.24, 2.45) is 5.41 Å². The van der Waals surface area contributed by atoms with Crippen LogP contribution in [0.1, 0.15) is 63.9 Å². The van der Waals surface area contributed by atoms with Crippen LogP contribution >= 0.6 is 0 Å². The lowest BCUT2D eigenvalue weighted by Gasteiger charge is -2.52. The summed E-state index contributed by atoms with van der Waals surface area (Å²) in [6.07, 6.45) is 10.9. The molecule has 0 radical (unpaired) electrons. The van der Waals surface area contributed by atoms with Crippen molar-refractivity contribution in [3.63, 3.8) is 0 Å². The lowest BCUT2D eigenvalue weighted by Crippen LogP contribution is -2.59. The van der Waals surface area contributed by atoms with Gasteiger partial charge in [0, 0.05) is 74.1 Å². The summed E-state index contributed by atoms with van der Waals surface area (Å²) >= 11 is 0. The van der Waals surface area contributed by atoms with Crippen LogP contribution in [0.5, 0.6) is 0 Å². The van der Waals surface area contributed by atoms with Gasteiger partial charge >= 0.3 is 6.09 Å². The molecule has 7 heterocycles. The number of amides is 2. The van der Waals surface area contributed by atoms with Gasteiger partial charge in [0.2, 0.25) is 5.91 Å². The molecule has 1 spiro atoms. The molecule has 0 aliphatic carbocycles. The molecule has 12 heteroatoms. The van der Waals surface area contributed by atoms with E-state index in [0.29, 0.717) is 24.4 Å². The number of nitrogens with zero attached hydrogens (tertiary/aromatic N) is 7. The predicted molar refractivity (Wildman–Crippen MR) is 172 cm³/mol. The smallest absolute Gasteiger partial charge is 0.410 e. The molecule has 5 aliphatic heterocycles. The van der Waals surface area contributed by atoms with Gasteiger partial charge < -0.3 is 34.4 Å². The normalized spacial score (nSPS) is 26.3. The van der Waals surface area contributed by atoms with E-state index in [4.69, 9.17) is 19.6 Å². The minimum atomic E-state index is -0.237. The molecule has 45 heavy (non-hydrogen) atoms. The van der Waals surface area contributed by atoms with Crippen LogP contribution in [0.25, 0.3) is 5.65 Å². The van der Waals surface area contributed by atoms with E-state index >= 15 is 0 Å².